The molecule has 4 rings (SSSR count). The molecule has 1 aliphatic heterocycles. The van der Waals surface area contributed by atoms with E-state index in [1.807, 2.05) is 6.07 Å². The zero-order valence-corrected chi connectivity index (χ0v) is 20.9. The fourth-order valence-corrected chi connectivity index (χ4v) is 5.83. The number of halogens is 1. The Bertz CT molecular complexity index is 1400. The molecule has 1 atom stereocenters. The largest absolute Gasteiger partial charge is 0.480 e. The molecular weight excluding hydrogens is 488 g/mol. The lowest BCUT2D eigenvalue weighted by molar-refractivity contribution is -0.141. The number of likely N-dealkylation sites (tertiary alicyclic amines) is 1. The third-order valence-corrected chi connectivity index (χ3v) is 8.05. The van der Waals surface area contributed by atoms with Gasteiger partial charge in [0.2, 0.25) is 0 Å². The number of benzene rings is 3. The predicted octanol–water partition coefficient (Wildman–Crippen LogP) is 5.11. The molecule has 1 fully saturated rings. The zero-order chi connectivity index (χ0) is 25.3. The Balaban J connectivity index is 1.55. The standard InChI is InChI=1S/C26H25ClN2O5S/c1-16-14-24(17(2)13-22(16)27)35(33,34)28-21-6-3-5-20(15-21)18-8-10-19(11-9-18)25(30)29-12-4-7-23(29)26(31)32/h3,5-6,8-11,13-15,23,28H,4,7,12H2,1-2H3,(H,31,32). The number of carboxylic acid groups (broad SMARTS) is 1. The van der Waals surface area contributed by atoms with Crippen molar-refractivity contribution in [3.63, 3.8) is 0 Å². The predicted molar refractivity (Wildman–Crippen MR) is 135 cm³/mol. The van der Waals surface area contributed by atoms with Gasteiger partial charge >= 0.3 is 5.97 Å². The van der Waals surface area contributed by atoms with E-state index in [1.54, 1.807) is 68.4 Å². The molecule has 182 valence electrons. The van der Waals surface area contributed by atoms with Gasteiger partial charge in [-0.25, -0.2) is 13.2 Å². The first-order valence-electron chi connectivity index (χ1n) is 11.1. The summed E-state index contributed by atoms with van der Waals surface area (Å²) in [5.41, 5.74) is 3.58. The molecule has 0 saturated carbocycles. The number of amides is 1. The molecule has 0 aliphatic carbocycles. The normalized spacial score (nSPS) is 15.7. The van der Waals surface area contributed by atoms with Crippen LogP contribution in [0, 0.1) is 13.8 Å². The van der Waals surface area contributed by atoms with Crippen molar-refractivity contribution in [3.05, 3.63) is 82.4 Å². The fourth-order valence-electron chi connectivity index (χ4n) is 4.25. The van der Waals surface area contributed by atoms with Crippen molar-refractivity contribution in [2.45, 2.75) is 37.6 Å². The molecule has 3 aromatic carbocycles. The highest BCUT2D eigenvalue weighted by Crippen LogP contribution is 2.28. The van der Waals surface area contributed by atoms with Crippen LogP contribution >= 0.6 is 11.6 Å². The number of hydrogen-bond donors (Lipinski definition) is 2. The van der Waals surface area contributed by atoms with Crippen LogP contribution in [0.4, 0.5) is 5.69 Å². The number of carboxylic acids is 1. The van der Waals surface area contributed by atoms with Crippen LogP contribution in [0.15, 0.2) is 65.6 Å². The van der Waals surface area contributed by atoms with E-state index in [9.17, 15) is 23.1 Å². The number of aliphatic carboxylic acids is 1. The highest BCUT2D eigenvalue weighted by Gasteiger charge is 2.34. The minimum absolute atomic E-state index is 0.161. The van der Waals surface area contributed by atoms with Crippen LogP contribution in [-0.2, 0) is 14.8 Å². The highest BCUT2D eigenvalue weighted by atomic mass is 35.5. The quantitative estimate of drug-likeness (QED) is 0.477. The van der Waals surface area contributed by atoms with Crippen LogP contribution in [0.5, 0.6) is 0 Å². The molecule has 35 heavy (non-hydrogen) atoms. The Morgan fingerprint density at radius 1 is 1.00 bits per heavy atom. The van der Waals surface area contributed by atoms with Gasteiger partial charge in [-0.2, -0.15) is 0 Å². The Morgan fingerprint density at radius 2 is 1.71 bits per heavy atom. The van der Waals surface area contributed by atoms with Crippen LogP contribution in [0.3, 0.4) is 0 Å². The topological polar surface area (TPSA) is 104 Å². The number of nitrogens with one attached hydrogen (secondary N) is 1. The van der Waals surface area contributed by atoms with E-state index in [1.165, 1.54) is 4.90 Å². The van der Waals surface area contributed by atoms with E-state index in [0.717, 1.165) is 11.1 Å². The SMILES string of the molecule is Cc1cc(S(=O)(=O)Nc2cccc(-c3ccc(C(=O)N4CCCC4C(=O)O)cc3)c2)c(C)cc1Cl. The van der Waals surface area contributed by atoms with Gasteiger partial charge in [-0.15, -0.1) is 0 Å². The smallest absolute Gasteiger partial charge is 0.326 e. The van der Waals surface area contributed by atoms with Gasteiger partial charge in [0.05, 0.1) is 4.90 Å². The van der Waals surface area contributed by atoms with Crippen LogP contribution in [0.25, 0.3) is 11.1 Å². The minimum Gasteiger partial charge on any atom is -0.480 e. The Kier molecular flexibility index (Phi) is 6.87. The van der Waals surface area contributed by atoms with Crippen molar-refractivity contribution in [2.75, 3.05) is 11.3 Å². The van der Waals surface area contributed by atoms with Crippen molar-refractivity contribution in [1.29, 1.82) is 0 Å². The number of carbonyl (C=O) groups is 2. The van der Waals surface area contributed by atoms with E-state index < -0.39 is 22.0 Å². The zero-order valence-electron chi connectivity index (χ0n) is 19.3. The average molecular weight is 513 g/mol. The number of hydrogen-bond acceptors (Lipinski definition) is 4. The Labute approximate surface area is 209 Å². The molecule has 0 spiro atoms. The summed E-state index contributed by atoms with van der Waals surface area (Å²) in [5.74, 6) is -1.30. The van der Waals surface area contributed by atoms with Crippen molar-refractivity contribution in [2.24, 2.45) is 0 Å². The highest BCUT2D eigenvalue weighted by molar-refractivity contribution is 7.92. The van der Waals surface area contributed by atoms with E-state index in [0.29, 0.717) is 46.8 Å². The maximum Gasteiger partial charge on any atom is 0.326 e. The van der Waals surface area contributed by atoms with Crippen LogP contribution in [0.1, 0.15) is 34.3 Å². The minimum atomic E-state index is -3.83. The molecule has 1 heterocycles. The Hall–Kier alpha value is -3.36. The maximum atomic E-state index is 13.0. The van der Waals surface area contributed by atoms with Gasteiger partial charge in [-0.3, -0.25) is 9.52 Å². The molecule has 9 heteroatoms. The lowest BCUT2D eigenvalue weighted by Crippen LogP contribution is -2.40. The van der Waals surface area contributed by atoms with Gasteiger partial charge in [0, 0.05) is 22.8 Å². The third kappa shape index (κ3) is 5.18. The second-order valence-corrected chi connectivity index (χ2v) is 10.7. The molecule has 1 aliphatic rings. The summed E-state index contributed by atoms with van der Waals surface area (Å²) in [6.45, 7) is 3.87. The van der Waals surface area contributed by atoms with Gasteiger partial charge in [0.25, 0.3) is 15.9 Å². The summed E-state index contributed by atoms with van der Waals surface area (Å²) < 4.78 is 28.7. The molecule has 1 amide bonds. The van der Waals surface area contributed by atoms with Crippen molar-refractivity contribution in [1.82, 2.24) is 4.90 Å². The van der Waals surface area contributed by atoms with E-state index in [4.69, 9.17) is 11.6 Å². The molecular formula is C26H25ClN2O5S. The van der Waals surface area contributed by atoms with E-state index in [2.05, 4.69) is 4.72 Å². The molecule has 2 N–H and O–H groups in total. The summed E-state index contributed by atoms with van der Waals surface area (Å²) in [6, 6.07) is 16.2. The summed E-state index contributed by atoms with van der Waals surface area (Å²) in [4.78, 5) is 25.8. The summed E-state index contributed by atoms with van der Waals surface area (Å²) in [7, 11) is -3.83. The van der Waals surface area contributed by atoms with Gasteiger partial charge in [0.1, 0.15) is 6.04 Å². The molecule has 1 unspecified atom stereocenters. The first-order chi connectivity index (χ1) is 16.6. The Morgan fingerprint density at radius 3 is 2.40 bits per heavy atom. The van der Waals surface area contributed by atoms with Crippen molar-refractivity contribution >= 4 is 39.2 Å². The third-order valence-electron chi connectivity index (χ3n) is 6.12. The number of aryl methyl sites for hydroxylation is 2. The monoisotopic (exact) mass is 512 g/mol. The second kappa shape index (κ2) is 9.71. The van der Waals surface area contributed by atoms with Gasteiger partial charge < -0.3 is 10.0 Å². The van der Waals surface area contributed by atoms with Gasteiger partial charge in [-0.05, 0) is 85.3 Å². The number of carbonyl (C=O) groups excluding carboxylic acids is 1. The maximum absolute atomic E-state index is 13.0. The van der Waals surface area contributed by atoms with Crippen molar-refractivity contribution in [3.8, 4) is 11.1 Å². The van der Waals surface area contributed by atoms with Crippen LogP contribution in [-0.4, -0.2) is 42.9 Å². The molecule has 0 bridgehead atoms. The van der Waals surface area contributed by atoms with Crippen molar-refractivity contribution < 1.29 is 23.1 Å². The lowest BCUT2D eigenvalue weighted by Gasteiger charge is -2.21. The summed E-state index contributed by atoms with van der Waals surface area (Å²) in [6.07, 6.45) is 1.12. The number of sulfonamides is 1. The first-order valence-corrected chi connectivity index (χ1v) is 13.0. The molecule has 3 aromatic rings. The van der Waals surface area contributed by atoms with E-state index in [-0.39, 0.29) is 10.8 Å². The second-order valence-electron chi connectivity index (χ2n) is 8.63. The average Bonchev–Trinajstić information content (AvgIpc) is 3.31. The molecule has 0 radical (unpaired) electrons. The van der Waals surface area contributed by atoms with Crippen LogP contribution in [0.2, 0.25) is 5.02 Å². The molecule has 7 nitrogen and oxygen atoms in total. The lowest BCUT2D eigenvalue weighted by atomic mass is 10.0. The fraction of sp³-hybridized carbons (Fsp3) is 0.231. The van der Waals surface area contributed by atoms with Gasteiger partial charge in [-0.1, -0.05) is 35.9 Å². The van der Waals surface area contributed by atoms with E-state index >= 15 is 0 Å². The number of nitrogens with zero attached hydrogens (tertiary/aromatic N) is 1. The molecule has 0 aromatic heterocycles. The first kappa shape index (κ1) is 24.8. The van der Waals surface area contributed by atoms with Gasteiger partial charge in [0.15, 0.2) is 0 Å². The van der Waals surface area contributed by atoms with Crippen LogP contribution < -0.4 is 4.72 Å². The molecule has 1 saturated heterocycles. The summed E-state index contributed by atoms with van der Waals surface area (Å²) >= 11 is 6.11. The number of rotatable bonds is 6. The summed E-state index contributed by atoms with van der Waals surface area (Å²) in [5, 5.41) is 9.85. The number of anilines is 1.